The SMILES string of the molecule is Cc1ccc(S(=O)(=O)N[C@H](C(=O)O)[C@H](C)O)cc1C. The molecule has 0 aliphatic rings. The molecule has 19 heavy (non-hydrogen) atoms. The van der Waals surface area contributed by atoms with Crippen LogP contribution in [0.1, 0.15) is 18.1 Å². The van der Waals surface area contributed by atoms with Gasteiger partial charge in [0.25, 0.3) is 0 Å². The van der Waals surface area contributed by atoms with Crippen LogP contribution in [0.15, 0.2) is 23.1 Å². The molecule has 0 unspecified atom stereocenters. The van der Waals surface area contributed by atoms with Gasteiger partial charge < -0.3 is 10.2 Å². The number of carboxylic acid groups (broad SMARTS) is 1. The van der Waals surface area contributed by atoms with E-state index in [1.54, 1.807) is 13.0 Å². The maximum Gasteiger partial charge on any atom is 0.324 e. The van der Waals surface area contributed by atoms with Gasteiger partial charge >= 0.3 is 5.97 Å². The number of rotatable bonds is 5. The maximum atomic E-state index is 12.0. The zero-order chi connectivity index (χ0) is 14.8. The number of hydrogen-bond donors (Lipinski definition) is 3. The lowest BCUT2D eigenvalue weighted by Crippen LogP contribution is -2.47. The summed E-state index contributed by atoms with van der Waals surface area (Å²) in [5.74, 6) is -1.43. The Balaban J connectivity index is 3.10. The topological polar surface area (TPSA) is 104 Å². The zero-order valence-corrected chi connectivity index (χ0v) is 11.7. The van der Waals surface area contributed by atoms with Crippen LogP contribution in [0, 0.1) is 13.8 Å². The van der Waals surface area contributed by atoms with Gasteiger partial charge in [0.1, 0.15) is 6.04 Å². The lowest BCUT2D eigenvalue weighted by atomic mass is 10.1. The molecular formula is C12H17NO5S. The number of aliphatic hydroxyl groups excluding tert-OH is 1. The van der Waals surface area contributed by atoms with Crippen LogP contribution in [0.4, 0.5) is 0 Å². The Morgan fingerprint density at radius 2 is 1.84 bits per heavy atom. The third-order valence-electron chi connectivity index (χ3n) is 2.82. The van der Waals surface area contributed by atoms with E-state index in [0.717, 1.165) is 11.1 Å². The van der Waals surface area contributed by atoms with Gasteiger partial charge in [0.15, 0.2) is 0 Å². The van der Waals surface area contributed by atoms with Crippen molar-refractivity contribution < 1.29 is 23.4 Å². The molecule has 0 aliphatic heterocycles. The molecule has 0 heterocycles. The predicted octanol–water partition coefficient (Wildman–Crippen LogP) is 0.416. The summed E-state index contributed by atoms with van der Waals surface area (Å²) < 4.78 is 26.0. The second-order valence-corrected chi connectivity index (χ2v) is 6.14. The molecule has 0 spiro atoms. The summed E-state index contributed by atoms with van der Waals surface area (Å²) in [5, 5.41) is 18.1. The molecule has 7 heteroatoms. The second kappa shape index (κ2) is 5.68. The zero-order valence-electron chi connectivity index (χ0n) is 10.9. The minimum Gasteiger partial charge on any atom is -0.480 e. The normalized spacial score (nSPS) is 14.9. The number of carbonyl (C=O) groups is 1. The highest BCUT2D eigenvalue weighted by molar-refractivity contribution is 7.89. The van der Waals surface area contributed by atoms with E-state index in [9.17, 15) is 18.3 Å². The van der Waals surface area contributed by atoms with E-state index in [-0.39, 0.29) is 4.90 Å². The van der Waals surface area contributed by atoms with Crippen LogP contribution in [0.25, 0.3) is 0 Å². The van der Waals surface area contributed by atoms with Crippen LogP contribution in [-0.4, -0.2) is 36.7 Å². The van der Waals surface area contributed by atoms with Gasteiger partial charge in [-0.05, 0) is 44.0 Å². The van der Waals surface area contributed by atoms with Crippen molar-refractivity contribution in [2.24, 2.45) is 0 Å². The number of hydrogen-bond acceptors (Lipinski definition) is 4. The first-order valence-electron chi connectivity index (χ1n) is 5.65. The number of aryl methyl sites for hydroxylation is 2. The Morgan fingerprint density at radius 1 is 1.26 bits per heavy atom. The van der Waals surface area contributed by atoms with E-state index in [2.05, 4.69) is 0 Å². The van der Waals surface area contributed by atoms with Crippen molar-refractivity contribution in [1.82, 2.24) is 4.72 Å². The number of sulfonamides is 1. The molecule has 0 aliphatic carbocycles. The van der Waals surface area contributed by atoms with Crippen LogP contribution in [0.3, 0.4) is 0 Å². The van der Waals surface area contributed by atoms with Crippen LogP contribution >= 0.6 is 0 Å². The van der Waals surface area contributed by atoms with E-state index >= 15 is 0 Å². The lowest BCUT2D eigenvalue weighted by molar-refractivity contribution is -0.141. The van der Waals surface area contributed by atoms with E-state index in [1.165, 1.54) is 19.1 Å². The third-order valence-corrected chi connectivity index (χ3v) is 4.26. The Labute approximate surface area is 112 Å². The fourth-order valence-corrected chi connectivity index (χ4v) is 2.82. The molecule has 0 bridgehead atoms. The monoisotopic (exact) mass is 287 g/mol. The maximum absolute atomic E-state index is 12.0. The summed E-state index contributed by atoms with van der Waals surface area (Å²) in [6.45, 7) is 4.81. The molecule has 3 N–H and O–H groups in total. The fourth-order valence-electron chi connectivity index (χ4n) is 1.47. The van der Waals surface area contributed by atoms with Crippen molar-refractivity contribution in [3.05, 3.63) is 29.3 Å². The largest absolute Gasteiger partial charge is 0.480 e. The van der Waals surface area contributed by atoms with Gasteiger partial charge in [-0.25, -0.2) is 8.42 Å². The average Bonchev–Trinajstić information content (AvgIpc) is 2.28. The Hall–Kier alpha value is -1.44. The third kappa shape index (κ3) is 3.76. The van der Waals surface area contributed by atoms with Gasteiger partial charge in [-0.1, -0.05) is 6.07 Å². The minimum absolute atomic E-state index is 0.0255. The molecule has 0 saturated heterocycles. The summed E-state index contributed by atoms with van der Waals surface area (Å²) in [6.07, 6.45) is -1.33. The molecule has 0 aromatic heterocycles. The highest BCUT2D eigenvalue weighted by Crippen LogP contribution is 2.15. The standard InChI is InChI=1S/C12H17NO5S/c1-7-4-5-10(6-8(7)2)19(17,18)13-11(9(3)14)12(15)16/h4-6,9,11,13-14H,1-3H3,(H,15,16)/t9-,11-/m0/s1. The second-order valence-electron chi connectivity index (χ2n) is 4.42. The predicted molar refractivity (Wildman–Crippen MR) is 69.3 cm³/mol. The number of aliphatic hydroxyl groups is 1. The van der Waals surface area contributed by atoms with Gasteiger partial charge in [-0.15, -0.1) is 0 Å². The van der Waals surface area contributed by atoms with Crippen LogP contribution in [0.2, 0.25) is 0 Å². The van der Waals surface area contributed by atoms with Gasteiger partial charge in [0, 0.05) is 0 Å². The minimum atomic E-state index is -3.98. The van der Waals surface area contributed by atoms with Crippen LogP contribution in [0.5, 0.6) is 0 Å². The smallest absolute Gasteiger partial charge is 0.324 e. The quantitative estimate of drug-likeness (QED) is 0.728. The van der Waals surface area contributed by atoms with Crippen molar-refractivity contribution in [1.29, 1.82) is 0 Å². The van der Waals surface area contributed by atoms with Crippen molar-refractivity contribution in [3.63, 3.8) is 0 Å². The summed E-state index contributed by atoms with van der Waals surface area (Å²) in [5.41, 5.74) is 1.72. The van der Waals surface area contributed by atoms with Crippen molar-refractivity contribution in [3.8, 4) is 0 Å². The summed E-state index contributed by atoms with van der Waals surface area (Å²) in [7, 11) is -3.98. The Bertz CT molecular complexity index is 580. The number of aliphatic carboxylic acids is 1. The van der Waals surface area contributed by atoms with E-state index in [4.69, 9.17) is 5.11 Å². The number of nitrogens with one attached hydrogen (secondary N) is 1. The van der Waals surface area contributed by atoms with Crippen molar-refractivity contribution in [2.75, 3.05) is 0 Å². The van der Waals surface area contributed by atoms with Crippen molar-refractivity contribution >= 4 is 16.0 Å². The first kappa shape index (κ1) is 15.6. The van der Waals surface area contributed by atoms with Crippen LogP contribution in [-0.2, 0) is 14.8 Å². The molecule has 0 radical (unpaired) electrons. The Morgan fingerprint density at radius 3 is 2.26 bits per heavy atom. The van der Waals surface area contributed by atoms with Gasteiger partial charge in [0.05, 0.1) is 11.0 Å². The number of carboxylic acids is 1. The molecule has 1 aromatic carbocycles. The first-order chi connectivity index (χ1) is 8.65. The molecule has 0 fully saturated rings. The van der Waals surface area contributed by atoms with Gasteiger partial charge in [-0.3, -0.25) is 4.79 Å². The van der Waals surface area contributed by atoms with Crippen LogP contribution < -0.4 is 4.72 Å². The first-order valence-corrected chi connectivity index (χ1v) is 7.14. The molecule has 0 saturated carbocycles. The summed E-state index contributed by atoms with van der Waals surface area (Å²) in [6, 6.07) is 2.92. The summed E-state index contributed by atoms with van der Waals surface area (Å²) in [4.78, 5) is 10.9. The van der Waals surface area contributed by atoms with E-state index in [0.29, 0.717) is 0 Å². The van der Waals surface area contributed by atoms with Crippen molar-refractivity contribution in [2.45, 2.75) is 37.8 Å². The Kier molecular flexibility index (Phi) is 4.67. The van der Waals surface area contributed by atoms with Gasteiger partial charge in [-0.2, -0.15) is 4.72 Å². The fraction of sp³-hybridized carbons (Fsp3) is 0.417. The number of benzene rings is 1. The molecule has 106 valence electrons. The van der Waals surface area contributed by atoms with E-state index in [1.807, 2.05) is 11.6 Å². The molecule has 2 atom stereocenters. The lowest BCUT2D eigenvalue weighted by Gasteiger charge is -2.17. The molecule has 1 rings (SSSR count). The van der Waals surface area contributed by atoms with Gasteiger partial charge in [0.2, 0.25) is 10.0 Å². The highest BCUT2D eigenvalue weighted by Gasteiger charge is 2.29. The molecule has 6 nitrogen and oxygen atoms in total. The van der Waals surface area contributed by atoms with E-state index < -0.39 is 28.1 Å². The molecule has 1 aromatic rings. The molecular weight excluding hydrogens is 270 g/mol. The summed E-state index contributed by atoms with van der Waals surface area (Å²) >= 11 is 0. The average molecular weight is 287 g/mol. The highest BCUT2D eigenvalue weighted by atomic mass is 32.2. The molecule has 0 amide bonds.